The number of aliphatic hydroxyl groups is 2. The molecule has 0 amide bonds. The fraction of sp³-hybridized carbons (Fsp3) is 0.571. The molecule has 1 aromatic rings. The molecule has 0 saturated carbocycles. The second kappa shape index (κ2) is 10.3. The van der Waals surface area contributed by atoms with E-state index in [1.165, 1.54) is 14.0 Å². The van der Waals surface area contributed by atoms with Crippen LogP contribution in [0.3, 0.4) is 0 Å². The molecule has 1 fully saturated rings. The van der Waals surface area contributed by atoms with E-state index in [0.717, 1.165) is 18.1 Å². The fourth-order valence-corrected chi connectivity index (χ4v) is 6.63. The number of aliphatic carboxylic acids is 1. The zero-order chi connectivity index (χ0) is 29.9. The maximum Gasteiger partial charge on any atom is 0.347 e. The van der Waals surface area contributed by atoms with Gasteiger partial charge in [-0.2, -0.15) is 0 Å². The number of esters is 3. The lowest BCUT2D eigenvalue weighted by molar-refractivity contribution is -0.177. The molecule has 7 atom stereocenters. The van der Waals surface area contributed by atoms with Crippen LogP contribution in [0.1, 0.15) is 44.2 Å². The first-order valence-electron chi connectivity index (χ1n) is 13.4. The predicted molar refractivity (Wildman–Crippen MR) is 137 cm³/mol. The molecule has 222 valence electrons. The number of likely N-dealkylation sites (N-methyl/N-ethyl adjacent to an activating group) is 1. The number of likely N-dealkylation sites (tertiary alicyclic amines) is 1. The second-order valence-electron chi connectivity index (χ2n) is 11.0. The Morgan fingerprint density at radius 2 is 1.88 bits per heavy atom. The van der Waals surface area contributed by atoms with Crippen molar-refractivity contribution in [3.63, 3.8) is 0 Å². The highest BCUT2D eigenvalue weighted by molar-refractivity contribution is 5.85. The molecule has 3 N–H and O–H groups in total. The van der Waals surface area contributed by atoms with Crippen LogP contribution in [0, 0.1) is 0 Å². The van der Waals surface area contributed by atoms with Crippen molar-refractivity contribution in [3.05, 3.63) is 35.1 Å². The molecule has 0 aromatic heterocycles. The molecular weight excluding hydrogens is 542 g/mol. The monoisotopic (exact) mass is 575 g/mol. The smallest absolute Gasteiger partial charge is 0.347 e. The van der Waals surface area contributed by atoms with Gasteiger partial charge in [-0.15, -0.1) is 0 Å². The summed E-state index contributed by atoms with van der Waals surface area (Å²) in [6.45, 7) is 2.98. The van der Waals surface area contributed by atoms with Crippen LogP contribution in [0.2, 0.25) is 0 Å². The van der Waals surface area contributed by atoms with Crippen molar-refractivity contribution in [1.82, 2.24) is 4.90 Å². The van der Waals surface area contributed by atoms with E-state index >= 15 is 0 Å². The lowest BCUT2D eigenvalue weighted by Crippen LogP contribution is -2.74. The van der Waals surface area contributed by atoms with E-state index in [9.17, 15) is 29.4 Å². The van der Waals surface area contributed by atoms with Gasteiger partial charge in [-0.25, -0.2) is 14.4 Å². The Labute approximate surface area is 235 Å². The maximum atomic E-state index is 12.9. The number of carboxylic acids is 1. The van der Waals surface area contributed by atoms with Crippen LogP contribution in [0.25, 0.3) is 0 Å². The van der Waals surface area contributed by atoms with E-state index in [1.54, 1.807) is 6.08 Å². The first-order valence-corrected chi connectivity index (χ1v) is 13.4. The van der Waals surface area contributed by atoms with Gasteiger partial charge in [0, 0.05) is 18.0 Å². The first kappa shape index (κ1) is 28.8. The van der Waals surface area contributed by atoms with Crippen LogP contribution in [-0.4, -0.2) is 101 Å². The Hall–Kier alpha value is -3.68. The maximum absolute atomic E-state index is 12.9. The number of ether oxygens (including phenoxy) is 5. The van der Waals surface area contributed by atoms with Crippen molar-refractivity contribution in [2.24, 2.45) is 0 Å². The number of hydrogen-bond donors (Lipinski definition) is 3. The number of rotatable bonds is 9. The van der Waals surface area contributed by atoms with Crippen LogP contribution in [0.15, 0.2) is 24.0 Å². The van der Waals surface area contributed by atoms with Crippen LogP contribution >= 0.6 is 0 Å². The molecule has 1 spiro atoms. The van der Waals surface area contributed by atoms with Crippen molar-refractivity contribution in [2.75, 3.05) is 20.7 Å². The van der Waals surface area contributed by atoms with Gasteiger partial charge >= 0.3 is 23.9 Å². The molecule has 0 radical (unpaired) electrons. The Kier molecular flexibility index (Phi) is 7.24. The summed E-state index contributed by atoms with van der Waals surface area (Å²) in [4.78, 5) is 50.1. The third-order valence-electron chi connectivity index (χ3n) is 8.69. The molecule has 0 unspecified atom stereocenters. The van der Waals surface area contributed by atoms with Crippen molar-refractivity contribution < 1.29 is 58.2 Å². The van der Waals surface area contributed by atoms with E-state index in [-0.39, 0.29) is 18.2 Å². The number of benzene rings is 1. The Bertz CT molecular complexity index is 1330. The molecule has 41 heavy (non-hydrogen) atoms. The summed E-state index contributed by atoms with van der Waals surface area (Å²) in [5.41, 5.74) is -0.266. The number of aliphatic hydroxyl groups excluding tert-OH is 1. The molecular formula is C28H33NO12. The summed E-state index contributed by atoms with van der Waals surface area (Å²) >= 11 is 0. The third kappa shape index (κ3) is 4.43. The quantitative estimate of drug-likeness (QED) is 0.269. The number of methoxy groups -OCH3 is 1. The van der Waals surface area contributed by atoms with Crippen LogP contribution in [0.4, 0.5) is 0 Å². The van der Waals surface area contributed by atoms with Gasteiger partial charge in [0.05, 0.1) is 24.5 Å². The summed E-state index contributed by atoms with van der Waals surface area (Å²) < 4.78 is 27.1. The lowest BCUT2D eigenvalue weighted by Gasteiger charge is -2.61. The van der Waals surface area contributed by atoms with Crippen molar-refractivity contribution in [3.8, 4) is 11.5 Å². The van der Waals surface area contributed by atoms with E-state index in [0.29, 0.717) is 30.9 Å². The SMILES string of the molecule is COc1ccc2c3c1O[C@@H]1C(OC(=O)[C@@H](O)CC(=O)O[C@@H](C)C(=O)O[C@@H](C)C(=O)O)=CC[C@]4(O)[C@H](C2)N(C)CC[C@@]314. The van der Waals surface area contributed by atoms with Crippen molar-refractivity contribution >= 4 is 23.9 Å². The molecule has 2 bridgehead atoms. The van der Waals surface area contributed by atoms with Gasteiger partial charge < -0.3 is 43.9 Å². The van der Waals surface area contributed by atoms with Crippen LogP contribution < -0.4 is 9.47 Å². The average molecular weight is 576 g/mol. The van der Waals surface area contributed by atoms with Gasteiger partial charge in [0.25, 0.3) is 0 Å². The minimum Gasteiger partial charge on any atom is -0.493 e. The molecule has 13 heteroatoms. The topological polar surface area (TPSA) is 178 Å². The van der Waals surface area contributed by atoms with Crippen LogP contribution in [-0.2, 0) is 45.2 Å². The predicted octanol–water partition coefficient (Wildman–Crippen LogP) is 0.215. The molecule has 4 aliphatic rings. The Morgan fingerprint density at radius 1 is 1.15 bits per heavy atom. The Balaban J connectivity index is 1.32. The second-order valence-corrected chi connectivity index (χ2v) is 11.0. The largest absolute Gasteiger partial charge is 0.493 e. The zero-order valence-corrected chi connectivity index (χ0v) is 23.1. The molecule has 5 rings (SSSR count). The number of piperidine rings is 1. The van der Waals surface area contributed by atoms with Gasteiger partial charge in [0.2, 0.25) is 0 Å². The zero-order valence-electron chi connectivity index (χ0n) is 23.1. The summed E-state index contributed by atoms with van der Waals surface area (Å²) in [6, 6.07) is 3.58. The summed E-state index contributed by atoms with van der Waals surface area (Å²) in [7, 11) is 3.49. The molecule has 2 aliphatic heterocycles. The van der Waals surface area contributed by atoms with Gasteiger partial charge in [-0.3, -0.25) is 4.79 Å². The fourth-order valence-electron chi connectivity index (χ4n) is 6.63. The highest BCUT2D eigenvalue weighted by Gasteiger charge is 2.72. The normalized spacial score (nSPS) is 29.6. The van der Waals surface area contributed by atoms with Gasteiger partial charge in [0.15, 0.2) is 35.9 Å². The molecule has 2 aliphatic carbocycles. The summed E-state index contributed by atoms with van der Waals surface area (Å²) in [5, 5.41) is 31.5. The number of nitrogens with zero attached hydrogens (tertiary/aromatic N) is 1. The Morgan fingerprint density at radius 3 is 2.56 bits per heavy atom. The minimum atomic E-state index is -1.94. The molecule has 1 saturated heterocycles. The van der Waals surface area contributed by atoms with Crippen molar-refractivity contribution in [2.45, 2.75) is 81.0 Å². The average Bonchev–Trinajstić information content (AvgIpc) is 3.27. The number of hydrogen-bond acceptors (Lipinski definition) is 12. The highest BCUT2D eigenvalue weighted by Crippen LogP contribution is 2.65. The highest BCUT2D eigenvalue weighted by atomic mass is 16.6. The molecule has 1 aromatic carbocycles. The van der Waals surface area contributed by atoms with E-state index in [4.69, 9.17) is 24.1 Å². The lowest BCUT2D eigenvalue weighted by atomic mass is 9.50. The number of carboxylic acid groups (broad SMARTS) is 1. The minimum absolute atomic E-state index is 0.112. The molecule has 13 nitrogen and oxygen atoms in total. The summed E-state index contributed by atoms with van der Waals surface area (Å²) in [6.07, 6.45) is -3.67. The third-order valence-corrected chi connectivity index (χ3v) is 8.69. The van der Waals surface area contributed by atoms with Crippen molar-refractivity contribution in [1.29, 1.82) is 0 Å². The first-order chi connectivity index (χ1) is 19.3. The molecule has 2 heterocycles. The van der Waals surface area contributed by atoms with Gasteiger partial charge in [-0.1, -0.05) is 6.07 Å². The van der Waals surface area contributed by atoms with E-state index in [1.807, 2.05) is 19.2 Å². The van der Waals surface area contributed by atoms with Gasteiger partial charge in [0.1, 0.15) is 5.76 Å². The standard InChI is InChI=1S/C28H33NO12/c1-13(24(32)33)39-25(34)14(2)38-20(31)12-16(30)26(35)40-18-7-8-28(36)19-11-15-5-6-17(37-4)22-21(15)27(28,23(18)41-22)9-10-29(19)3/h5-7,13-14,16,19,23,30,36H,8-12H2,1-4H3,(H,32,33)/t13-,14-,16-,19-,23+,27+,28-/m0/s1. The van der Waals surface area contributed by atoms with E-state index in [2.05, 4.69) is 9.64 Å². The van der Waals surface area contributed by atoms with E-state index < -0.39 is 65.7 Å². The van der Waals surface area contributed by atoms with Crippen LogP contribution in [0.5, 0.6) is 11.5 Å². The number of carbonyl (C=O) groups is 4. The van der Waals surface area contributed by atoms with Gasteiger partial charge in [-0.05, 0) is 58.0 Å². The summed E-state index contributed by atoms with van der Waals surface area (Å²) in [5.74, 6) is -3.62. The number of carbonyl (C=O) groups excluding carboxylic acids is 3.